The molecular formula is C14H20O2S. The maximum absolute atomic E-state index is 11.4. The zero-order chi connectivity index (χ0) is 12.3. The standard InChI is InChI=1S/C14H20O2S/c15-14(10-6-1-2-7-11-17)16-12-13-8-4-3-5-9-13/h3-5,8-9,17H,1-2,6-7,10-12H2. The van der Waals surface area contributed by atoms with Crippen molar-refractivity contribution >= 4 is 18.6 Å². The van der Waals surface area contributed by atoms with Crippen LogP contribution in [-0.4, -0.2) is 11.7 Å². The van der Waals surface area contributed by atoms with E-state index in [9.17, 15) is 4.79 Å². The number of hydrogen-bond acceptors (Lipinski definition) is 3. The molecule has 1 aromatic rings. The van der Waals surface area contributed by atoms with E-state index >= 15 is 0 Å². The molecule has 0 fully saturated rings. The van der Waals surface area contributed by atoms with E-state index in [2.05, 4.69) is 12.6 Å². The van der Waals surface area contributed by atoms with Crippen LogP contribution in [0.15, 0.2) is 30.3 Å². The Bertz CT molecular complexity index is 311. The van der Waals surface area contributed by atoms with Gasteiger partial charge in [-0.1, -0.05) is 43.2 Å². The van der Waals surface area contributed by atoms with Crippen LogP contribution in [-0.2, 0) is 16.1 Å². The minimum Gasteiger partial charge on any atom is -0.461 e. The molecule has 0 aliphatic heterocycles. The second kappa shape index (κ2) is 9.11. The zero-order valence-corrected chi connectivity index (χ0v) is 11.0. The Hall–Kier alpha value is -0.960. The van der Waals surface area contributed by atoms with Crippen molar-refractivity contribution in [3.05, 3.63) is 35.9 Å². The quantitative estimate of drug-likeness (QED) is 0.434. The van der Waals surface area contributed by atoms with Crippen LogP contribution in [0.1, 0.15) is 37.7 Å². The molecule has 0 radical (unpaired) electrons. The number of rotatable bonds is 8. The van der Waals surface area contributed by atoms with Crippen LogP contribution in [0.4, 0.5) is 0 Å². The molecule has 0 N–H and O–H groups in total. The van der Waals surface area contributed by atoms with Crippen LogP contribution < -0.4 is 0 Å². The number of ether oxygens (including phenoxy) is 1. The van der Waals surface area contributed by atoms with Gasteiger partial charge in [-0.3, -0.25) is 4.79 Å². The summed E-state index contributed by atoms with van der Waals surface area (Å²) in [6.45, 7) is 0.385. The molecule has 0 amide bonds. The number of carbonyl (C=O) groups is 1. The Balaban J connectivity index is 2.05. The molecular weight excluding hydrogens is 232 g/mol. The van der Waals surface area contributed by atoms with Gasteiger partial charge in [-0.15, -0.1) is 0 Å². The molecule has 0 aliphatic carbocycles. The molecule has 0 bridgehead atoms. The SMILES string of the molecule is O=C(CCCCCCS)OCc1ccccc1. The van der Waals surface area contributed by atoms with Crippen LogP contribution >= 0.6 is 12.6 Å². The Kier molecular flexibility index (Phi) is 7.56. The normalized spacial score (nSPS) is 10.2. The van der Waals surface area contributed by atoms with E-state index in [0.29, 0.717) is 13.0 Å². The second-order valence-corrected chi connectivity index (χ2v) is 4.48. The summed E-state index contributed by atoms with van der Waals surface area (Å²) in [4.78, 5) is 11.4. The molecule has 2 nitrogen and oxygen atoms in total. The average molecular weight is 252 g/mol. The van der Waals surface area contributed by atoms with Crippen molar-refractivity contribution in [2.75, 3.05) is 5.75 Å². The Morgan fingerprint density at radius 3 is 2.47 bits per heavy atom. The predicted octanol–water partition coefficient (Wildman–Crippen LogP) is 3.61. The van der Waals surface area contributed by atoms with E-state index in [1.165, 1.54) is 0 Å². The lowest BCUT2D eigenvalue weighted by molar-refractivity contribution is -0.145. The fraction of sp³-hybridized carbons (Fsp3) is 0.500. The molecule has 0 saturated carbocycles. The Labute approximate surface area is 109 Å². The van der Waals surface area contributed by atoms with Crippen LogP contribution in [0.2, 0.25) is 0 Å². The number of esters is 1. The summed E-state index contributed by atoms with van der Waals surface area (Å²) in [6, 6.07) is 9.76. The lowest BCUT2D eigenvalue weighted by Crippen LogP contribution is -2.04. The fourth-order valence-electron chi connectivity index (χ4n) is 1.54. The van der Waals surface area contributed by atoms with Crippen molar-refractivity contribution in [1.29, 1.82) is 0 Å². The molecule has 1 aromatic carbocycles. The van der Waals surface area contributed by atoms with Gasteiger partial charge in [-0.05, 0) is 24.2 Å². The number of benzene rings is 1. The van der Waals surface area contributed by atoms with E-state index in [1.807, 2.05) is 30.3 Å². The third-order valence-corrected chi connectivity index (χ3v) is 2.85. The lowest BCUT2D eigenvalue weighted by Gasteiger charge is -2.04. The molecule has 3 heteroatoms. The van der Waals surface area contributed by atoms with Crippen LogP contribution in [0.25, 0.3) is 0 Å². The van der Waals surface area contributed by atoms with Crippen molar-refractivity contribution in [3.63, 3.8) is 0 Å². The molecule has 0 saturated heterocycles. The number of carbonyl (C=O) groups excluding carboxylic acids is 1. The molecule has 0 atom stereocenters. The average Bonchev–Trinajstić information content (AvgIpc) is 2.37. The highest BCUT2D eigenvalue weighted by Gasteiger charge is 2.02. The van der Waals surface area contributed by atoms with Gasteiger partial charge in [0.2, 0.25) is 0 Å². The molecule has 0 spiro atoms. The van der Waals surface area contributed by atoms with Gasteiger partial charge in [0.1, 0.15) is 6.61 Å². The van der Waals surface area contributed by atoms with E-state index < -0.39 is 0 Å². The topological polar surface area (TPSA) is 26.3 Å². The fourth-order valence-corrected chi connectivity index (χ4v) is 1.77. The van der Waals surface area contributed by atoms with Gasteiger partial charge in [0, 0.05) is 6.42 Å². The van der Waals surface area contributed by atoms with Gasteiger partial charge in [0.25, 0.3) is 0 Å². The predicted molar refractivity (Wildman–Crippen MR) is 73.2 cm³/mol. The van der Waals surface area contributed by atoms with E-state index in [0.717, 1.165) is 37.0 Å². The first kappa shape index (κ1) is 14.1. The van der Waals surface area contributed by atoms with Crippen molar-refractivity contribution in [2.45, 2.75) is 38.7 Å². The minimum absolute atomic E-state index is 0.0975. The lowest BCUT2D eigenvalue weighted by atomic mass is 10.1. The number of hydrogen-bond donors (Lipinski definition) is 1. The van der Waals surface area contributed by atoms with Gasteiger partial charge in [-0.2, -0.15) is 12.6 Å². The first-order chi connectivity index (χ1) is 8.33. The van der Waals surface area contributed by atoms with Gasteiger partial charge >= 0.3 is 5.97 Å². The molecule has 94 valence electrons. The monoisotopic (exact) mass is 252 g/mol. The maximum Gasteiger partial charge on any atom is 0.306 e. The first-order valence-electron chi connectivity index (χ1n) is 6.13. The van der Waals surface area contributed by atoms with E-state index in [4.69, 9.17) is 4.74 Å². The largest absolute Gasteiger partial charge is 0.461 e. The smallest absolute Gasteiger partial charge is 0.306 e. The van der Waals surface area contributed by atoms with Crippen molar-refractivity contribution < 1.29 is 9.53 Å². The molecule has 0 aliphatic rings. The van der Waals surface area contributed by atoms with E-state index in [-0.39, 0.29) is 5.97 Å². The molecule has 0 heterocycles. The van der Waals surface area contributed by atoms with Gasteiger partial charge < -0.3 is 4.74 Å². The molecule has 1 rings (SSSR count). The number of unbranched alkanes of at least 4 members (excludes halogenated alkanes) is 3. The summed E-state index contributed by atoms with van der Waals surface area (Å²) in [6.07, 6.45) is 4.81. The van der Waals surface area contributed by atoms with Gasteiger partial charge in [0.15, 0.2) is 0 Å². The van der Waals surface area contributed by atoms with Crippen molar-refractivity contribution in [1.82, 2.24) is 0 Å². The summed E-state index contributed by atoms with van der Waals surface area (Å²) >= 11 is 4.15. The first-order valence-corrected chi connectivity index (χ1v) is 6.76. The third kappa shape index (κ3) is 7.05. The molecule has 0 aromatic heterocycles. The highest BCUT2D eigenvalue weighted by molar-refractivity contribution is 7.80. The second-order valence-electron chi connectivity index (χ2n) is 4.03. The Morgan fingerprint density at radius 2 is 1.76 bits per heavy atom. The van der Waals surface area contributed by atoms with Crippen LogP contribution in [0.5, 0.6) is 0 Å². The van der Waals surface area contributed by atoms with Crippen molar-refractivity contribution in [3.8, 4) is 0 Å². The highest BCUT2D eigenvalue weighted by atomic mass is 32.1. The molecule has 17 heavy (non-hydrogen) atoms. The zero-order valence-electron chi connectivity index (χ0n) is 10.1. The van der Waals surface area contributed by atoms with Crippen LogP contribution in [0, 0.1) is 0 Å². The minimum atomic E-state index is -0.0975. The maximum atomic E-state index is 11.4. The summed E-state index contributed by atoms with van der Waals surface area (Å²) in [7, 11) is 0. The van der Waals surface area contributed by atoms with E-state index in [1.54, 1.807) is 0 Å². The van der Waals surface area contributed by atoms with Crippen molar-refractivity contribution in [2.24, 2.45) is 0 Å². The molecule has 0 unspecified atom stereocenters. The van der Waals surface area contributed by atoms with Crippen LogP contribution in [0.3, 0.4) is 0 Å². The highest BCUT2D eigenvalue weighted by Crippen LogP contribution is 2.06. The summed E-state index contributed by atoms with van der Waals surface area (Å²) in [5.74, 6) is 0.832. The number of thiol groups is 1. The summed E-state index contributed by atoms with van der Waals surface area (Å²) in [5, 5.41) is 0. The Morgan fingerprint density at radius 1 is 1.06 bits per heavy atom. The van der Waals surface area contributed by atoms with Gasteiger partial charge in [0.05, 0.1) is 0 Å². The summed E-state index contributed by atoms with van der Waals surface area (Å²) < 4.78 is 5.18. The third-order valence-electron chi connectivity index (χ3n) is 2.53. The summed E-state index contributed by atoms with van der Waals surface area (Å²) in [5.41, 5.74) is 1.04. The van der Waals surface area contributed by atoms with Gasteiger partial charge in [-0.25, -0.2) is 0 Å².